The summed E-state index contributed by atoms with van der Waals surface area (Å²) in [6.45, 7) is 9.09. The van der Waals surface area contributed by atoms with E-state index < -0.39 is 0 Å². The van der Waals surface area contributed by atoms with Gasteiger partial charge in [0.1, 0.15) is 5.75 Å². The third-order valence-corrected chi connectivity index (χ3v) is 4.15. The molecule has 0 atom stereocenters. The van der Waals surface area contributed by atoms with Crippen molar-refractivity contribution in [2.45, 2.75) is 78.2 Å². The summed E-state index contributed by atoms with van der Waals surface area (Å²) in [5, 5.41) is 0. The molecule has 0 radical (unpaired) electrons. The molecule has 0 unspecified atom stereocenters. The minimum absolute atomic E-state index is 0.443. The largest absolute Gasteiger partial charge is 0.490 e. The smallest absolute Gasteiger partial charge is 0.120 e. The van der Waals surface area contributed by atoms with Crippen LogP contribution in [0.4, 0.5) is 0 Å². The van der Waals surface area contributed by atoms with Gasteiger partial charge in [0.15, 0.2) is 0 Å². The highest BCUT2D eigenvalue weighted by Gasteiger charge is 2.16. The zero-order valence-electron chi connectivity index (χ0n) is 13.6. The SMILES string of the molecule is CC(C)Cc1cc(OC2CCCCC2)cc(C(C)C)c1. The van der Waals surface area contributed by atoms with Gasteiger partial charge in [-0.25, -0.2) is 0 Å². The monoisotopic (exact) mass is 274 g/mol. The van der Waals surface area contributed by atoms with Gasteiger partial charge >= 0.3 is 0 Å². The van der Waals surface area contributed by atoms with Crippen LogP contribution >= 0.6 is 0 Å². The zero-order valence-corrected chi connectivity index (χ0v) is 13.6. The van der Waals surface area contributed by atoms with Crippen LogP contribution in [0.25, 0.3) is 0 Å². The van der Waals surface area contributed by atoms with Gasteiger partial charge in [-0.3, -0.25) is 0 Å². The summed E-state index contributed by atoms with van der Waals surface area (Å²) >= 11 is 0. The van der Waals surface area contributed by atoms with Crippen molar-refractivity contribution in [1.29, 1.82) is 0 Å². The van der Waals surface area contributed by atoms with E-state index >= 15 is 0 Å². The second-order valence-electron chi connectivity index (χ2n) is 7.04. The number of benzene rings is 1. The lowest BCUT2D eigenvalue weighted by atomic mass is 9.95. The van der Waals surface area contributed by atoms with E-state index in [1.165, 1.54) is 43.2 Å². The first-order valence-corrected chi connectivity index (χ1v) is 8.35. The van der Waals surface area contributed by atoms with Crippen LogP contribution in [-0.4, -0.2) is 6.10 Å². The maximum atomic E-state index is 6.27. The summed E-state index contributed by atoms with van der Waals surface area (Å²) in [6.07, 6.45) is 8.07. The van der Waals surface area contributed by atoms with Crippen LogP contribution < -0.4 is 4.74 Å². The molecule has 1 nitrogen and oxygen atoms in total. The maximum absolute atomic E-state index is 6.27. The van der Waals surface area contributed by atoms with Crippen LogP contribution in [0, 0.1) is 5.92 Å². The molecule has 0 saturated heterocycles. The van der Waals surface area contributed by atoms with Crippen LogP contribution in [0.15, 0.2) is 18.2 Å². The first-order valence-electron chi connectivity index (χ1n) is 8.35. The number of hydrogen-bond donors (Lipinski definition) is 0. The van der Waals surface area contributed by atoms with E-state index in [9.17, 15) is 0 Å². The Kier molecular flexibility index (Phi) is 5.51. The second-order valence-corrected chi connectivity index (χ2v) is 7.04. The van der Waals surface area contributed by atoms with E-state index in [0.717, 1.165) is 12.2 Å². The molecule has 0 spiro atoms. The molecule has 1 aromatic carbocycles. The van der Waals surface area contributed by atoms with Gasteiger partial charge < -0.3 is 4.74 Å². The molecule has 112 valence electrons. The average molecular weight is 274 g/mol. The first-order chi connectivity index (χ1) is 9.54. The van der Waals surface area contributed by atoms with Crippen molar-refractivity contribution in [3.8, 4) is 5.75 Å². The van der Waals surface area contributed by atoms with Crippen molar-refractivity contribution in [3.05, 3.63) is 29.3 Å². The Bertz CT molecular complexity index is 414. The molecular weight excluding hydrogens is 244 g/mol. The second kappa shape index (κ2) is 7.15. The summed E-state index contributed by atoms with van der Waals surface area (Å²) < 4.78 is 6.27. The van der Waals surface area contributed by atoms with Crippen molar-refractivity contribution in [2.24, 2.45) is 5.92 Å². The Balaban J connectivity index is 2.14. The number of hydrogen-bond acceptors (Lipinski definition) is 1. The molecule has 2 rings (SSSR count). The Labute approximate surface area is 124 Å². The molecule has 0 bridgehead atoms. The molecule has 0 N–H and O–H groups in total. The molecule has 1 heteroatoms. The Morgan fingerprint density at radius 1 is 1.00 bits per heavy atom. The van der Waals surface area contributed by atoms with E-state index in [1.54, 1.807) is 0 Å². The van der Waals surface area contributed by atoms with Crippen LogP contribution in [0.5, 0.6) is 5.75 Å². The lowest BCUT2D eigenvalue weighted by Gasteiger charge is -2.24. The highest BCUT2D eigenvalue weighted by atomic mass is 16.5. The quantitative estimate of drug-likeness (QED) is 0.667. The summed E-state index contributed by atoms with van der Waals surface area (Å²) in [4.78, 5) is 0. The van der Waals surface area contributed by atoms with Gasteiger partial charge in [-0.1, -0.05) is 40.2 Å². The normalized spacial score (nSPS) is 16.9. The van der Waals surface area contributed by atoms with Crippen LogP contribution in [0.3, 0.4) is 0 Å². The number of ether oxygens (including phenoxy) is 1. The Hall–Kier alpha value is -0.980. The van der Waals surface area contributed by atoms with Crippen molar-refractivity contribution >= 4 is 0 Å². The summed E-state index contributed by atoms with van der Waals surface area (Å²) in [5.41, 5.74) is 2.84. The fraction of sp³-hybridized carbons (Fsp3) is 0.684. The Morgan fingerprint density at radius 2 is 1.70 bits per heavy atom. The van der Waals surface area contributed by atoms with Gasteiger partial charge in [0, 0.05) is 0 Å². The summed E-state index contributed by atoms with van der Waals surface area (Å²) in [7, 11) is 0. The summed E-state index contributed by atoms with van der Waals surface area (Å²) in [6, 6.07) is 6.88. The first kappa shape index (κ1) is 15.4. The van der Waals surface area contributed by atoms with Gasteiger partial charge in [0.2, 0.25) is 0 Å². The molecule has 0 aliphatic heterocycles. The Morgan fingerprint density at radius 3 is 2.30 bits per heavy atom. The molecule has 1 aliphatic rings. The molecule has 1 fully saturated rings. The van der Waals surface area contributed by atoms with E-state index in [0.29, 0.717) is 17.9 Å². The lowest BCUT2D eigenvalue weighted by Crippen LogP contribution is -2.19. The predicted octanol–water partition coefficient (Wildman–Crippen LogP) is 5.72. The third-order valence-electron chi connectivity index (χ3n) is 4.15. The fourth-order valence-corrected chi connectivity index (χ4v) is 3.05. The summed E-state index contributed by atoms with van der Waals surface area (Å²) in [5.74, 6) is 2.36. The van der Waals surface area contributed by atoms with Crippen LogP contribution in [0.2, 0.25) is 0 Å². The predicted molar refractivity (Wildman–Crippen MR) is 86.6 cm³/mol. The minimum Gasteiger partial charge on any atom is -0.490 e. The molecular formula is C19H30O. The molecule has 0 aromatic heterocycles. The van der Waals surface area contributed by atoms with Crippen molar-refractivity contribution < 1.29 is 4.74 Å². The highest BCUT2D eigenvalue weighted by Crippen LogP contribution is 2.28. The maximum Gasteiger partial charge on any atom is 0.120 e. The third kappa shape index (κ3) is 4.54. The minimum atomic E-state index is 0.443. The van der Waals surface area contributed by atoms with Crippen LogP contribution in [-0.2, 0) is 6.42 Å². The van der Waals surface area contributed by atoms with Crippen LogP contribution in [0.1, 0.15) is 76.8 Å². The van der Waals surface area contributed by atoms with Gasteiger partial charge in [-0.15, -0.1) is 0 Å². The zero-order chi connectivity index (χ0) is 14.5. The van der Waals surface area contributed by atoms with Crippen molar-refractivity contribution in [1.82, 2.24) is 0 Å². The molecule has 1 aromatic rings. The van der Waals surface area contributed by atoms with E-state index in [2.05, 4.69) is 45.9 Å². The van der Waals surface area contributed by atoms with Gasteiger partial charge in [0.05, 0.1) is 6.10 Å². The van der Waals surface area contributed by atoms with Gasteiger partial charge in [-0.2, -0.15) is 0 Å². The van der Waals surface area contributed by atoms with E-state index in [-0.39, 0.29) is 0 Å². The molecule has 0 heterocycles. The van der Waals surface area contributed by atoms with E-state index in [1.807, 2.05) is 0 Å². The average Bonchev–Trinajstić information content (AvgIpc) is 2.38. The standard InChI is InChI=1S/C19H30O/c1-14(2)10-16-11-17(15(3)4)13-19(12-16)20-18-8-6-5-7-9-18/h11-15,18H,5-10H2,1-4H3. The molecule has 0 amide bonds. The van der Waals surface area contributed by atoms with Gasteiger partial charge in [0.25, 0.3) is 0 Å². The molecule has 20 heavy (non-hydrogen) atoms. The van der Waals surface area contributed by atoms with Crippen molar-refractivity contribution in [3.63, 3.8) is 0 Å². The van der Waals surface area contributed by atoms with E-state index in [4.69, 9.17) is 4.74 Å². The topological polar surface area (TPSA) is 9.23 Å². The van der Waals surface area contributed by atoms with Crippen molar-refractivity contribution in [2.75, 3.05) is 0 Å². The highest BCUT2D eigenvalue weighted by molar-refractivity contribution is 5.36. The number of rotatable bonds is 5. The fourth-order valence-electron chi connectivity index (χ4n) is 3.05. The van der Waals surface area contributed by atoms with Gasteiger partial charge in [-0.05, 0) is 67.2 Å². The molecule has 1 saturated carbocycles. The molecule has 1 aliphatic carbocycles. The lowest BCUT2D eigenvalue weighted by molar-refractivity contribution is 0.154.